The molecule has 2 aliphatic heterocycles. The van der Waals surface area contributed by atoms with Crippen molar-refractivity contribution in [3.8, 4) is 0 Å². The lowest BCUT2D eigenvalue weighted by atomic mass is 9.99. The quantitative estimate of drug-likeness (QED) is 0.858. The number of nitrogens with one attached hydrogen (secondary N) is 1. The summed E-state index contributed by atoms with van der Waals surface area (Å²) < 4.78 is 5.47. The van der Waals surface area contributed by atoms with Gasteiger partial charge in [0.25, 0.3) is 0 Å². The minimum atomic E-state index is -0.373. The first kappa shape index (κ1) is 17.4. The van der Waals surface area contributed by atoms with Gasteiger partial charge in [-0.25, -0.2) is 4.79 Å². The van der Waals surface area contributed by atoms with Crippen molar-refractivity contribution >= 4 is 23.2 Å². The first-order chi connectivity index (χ1) is 11.5. The van der Waals surface area contributed by atoms with Crippen molar-refractivity contribution in [3.63, 3.8) is 0 Å². The van der Waals surface area contributed by atoms with Crippen LogP contribution in [0.2, 0.25) is 0 Å². The fourth-order valence-electron chi connectivity index (χ4n) is 3.67. The Balaban J connectivity index is 1.59. The highest BCUT2D eigenvalue weighted by Gasteiger charge is 2.46. The van der Waals surface area contributed by atoms with Gasteiger partial charge in [-0.1, -0.05) is 19.9 Å². The molecule has 3 heterocycles. The molecule has 0 bridgehead atoms. The van der Waals surface area contributed by atoms with E-state index in [0.29, 0.717) is 12.5 Å². The number of amides is 2. The minimum Gasteiger partial charge on any atom is -0.368 e. The number of hydrogen-bond acceptors (Lipinski definition) is 4. The van der Waals surface area contributed by atoms with E-state index in [4.69, 9.17) is 4.74 Å². The summed E-state index contributed by atoms with van der Waals surface area (Å²) in [5.41, 5.74) is 0. The minimum absolute atomic E-state index is 0.0339. The molecule has 2 fully saturated rings. The van der Waals surface area contributed by atoms with E-state index in [1.807, 2.05) is 0 Å². The maximum absolute atomic E-state index is 12.7. The van der Waals surface area contributed by atoms with E-state index < -0.39 is 0 Å². The van der Waals surface area contributed by atoms with Crippen LogP contribution in [0.3, 0.4) is 0 Å². The molecule has 3 unspecified atom stereocenters. The molecule has 2 amide bonds. The van der Waals surface area contributed by atoms with Gasteiger partial charge in [-0.2, -0.15) is 0 Å². The second-order valence-electron chi connectivity index (χ2n) is 7.14. The first-order valence-electron chi connectivity index (χ1n) is 8.78. The second-order valence-corrected chi connectivity index (χ2v) is 8.17. The SMILES string of the molecule is CC(C)CC(CCc1cccs1)NC(=O)N1CCC2OCC(=O)C21. The molecule has 132 valence electrons. The van der Waals surface area contributed by atoms with Gasteiger partial charge in [0.1, 0.15) is 12.6 Å². The van der Waals surface area contributed by atoms with Crippen LogP contribution in [-0.2, 0) is 16.0 Å². The predicted octanol–water partition coefficient (Wildman–Crippen LogP) is 2.85. The molecule has 1 aromatic heterocycles. The van der Waals surface area contributed by atoms with Gasteiger partial charge in [0.05, 0.1) is 6.10 Å². The molecule has 24 heavy (non-hydrogen) atoms. The number of urea groups is 1. The van der Waals surface area contributed by atoms with Crippen LogP contribution in [0.1, 0.15) is 38.0 Å². The fourth-order valence-corrected chi connectivity index (χ4v) is 4.39. The molecule has 1 aromatic rings. The van der Waals surface area contributed by atoms with E-state index in [-0.39, 0.29) is 36.6 Å². The summed E-state index contributed by atoms with van der Waals surface area (Å²) in [5, 5.41) is 5.25. The second kappa shape index (κ2) is 7.66. The number of Topliss-reactive ketones (excluding diaryl/α,β-unsaturated/α-hetero) is 1. The van der Waals surface area contributed by atoms with Crippen molar-refractivity contribution in [3.05, 3.63) is 22.4 Å². The Labute approximate surface area is 147 Å². The zero-order valence-electron chi connectivity index (χ0n) is 14.4. The Kier molecular flexibility index (Phi) is 5.56. The Morgan fingerprint density at radius 1 is 1.50 bits per heavy atom. The zero-order chi connectivity index (χ0) is 17.1. The highest BCUT2D eigenvalue weighted by Crippen LogP contribution is 2.27. The molecule has 5 nitrogen and oxygen atoms in total. The van der Waals surface area contributed by atoms with Crippen LogP contribution in [0.25, 0.3) is 0 Å². The number of likely N-dealkylation sites (tertiary alicyclic amines) is 1. The number of thiophene rings is 1. The predicted molar refractivity (Wildman–Crippen MR) is 94.3 cm³/mol. The number of rotatable bonds is 6. The molecular formula is C18H26N2O3S. The number of nitrogens with zero attached hydrogens (tertiary/aromatic N) is 1. The molecular weight excluding hydrogens is 324 g/mol. The van der Waals surface area contributed by atoms with Gasteiger partial charge in [0, 0.05) is 17.5 Å². The lowest BCUT2D eigenvalue weighted by Gasteiger charge is -2.27. The average Bonchev–Trinajstić information content (AvgIpc) is 3.23. The number of carbonyl (C=O) groups is 2. The van der Waals surface area contributed by atoms with E-state index in [9.17, 15) is 9.59 Å². The van der Waals surface area contributed by atoms with Crippen molar-refractivity contribution in [2.45, 2.75) is 57.7 Å². The third-order valence-electron chi connectivity index (χ3n) is 4.78. The van der Waals surface area contributed by atoms with Crippen molar-refractivity contribution in [1.82, 2.24) is 10.2 Å². The Hall–Kier alpha value is -1.40. The number of ether oxygens (including phenoxy) is 1. The van der Waals surface area contributed by atoms with Gasteiger partial charge in [-0.15, -0.1) is 11.3 Å². The Morgan fingerprint density at radius 2 is 2.33 bits per heavy atom. The van der Waals surface area contributed by atoms with Crippen LogP contribution in [-0.4, -0.2) is 48.1 Å². The summed E-state index contributed by atoms with van der Waals surface area (Å²) in [6.07, 6.45) is 3.51. The molecule has 3 rings (SSSR count). The smallest absolute Gasteiger partial charge is 0.318 e. The summed E-state index contributed by atoms with van der Waals surface area (Å²) in [5.74, 6) is 0.549. The highest BCUT2D eigenvalue weighted by molar-refractivity contribution is 7.09. The number of carbonyl (C=O) groups excluding carboxylic acids is 2. The van der Waals surface area contributed by atoms with Gasteiger partial charge < -0.3 is 15.0 Å². The largest absolute Gasteiger partial charge is 0.368 e. The molecule has 1 N–H and O–H groups in total. The number of fused-ring (bicyclic) bond motifs is 1. The van der Waals surface area contributed by atoms with E-state index in [1.165, 1.54) is 4.88 Å². The molecule has 6 heteroatoms. The van der Waals surface area contributed by atoms with E-state index in [0.717, 1.165) is 25.7 Å². The number of ketones is 1. The van der Waals surface area contributed by atoms with Crippen LogP contribution < -0.4 is 5.32 Å². The van der Waals surface area contributed by atoms with Gasteiger partial charge in [-0.3, -0.25) is 4.79 Å². The Morgan fingerprint density at radius 3 is 3.04 bits per heavy atom. The molecule has 0 saturated carbocycles. The van der Waals surface area contributed by atoms with Crippen molar-refractivity contribution in [2.75, 3.05) is 13.2 Å². The normalized spacial score (nSPS) is 24.5. The van der Waals surface area contributed by atoms with Crippen molar-refractivity contribution < 1.29 is 14.3 Å². The number of aryl methyl sites for hydroxylation is 1. The summed E-state index contributed by atoms with van der Waals surface area (Å²) in [6.45, 7) is 5.09. The van der Waals surface area contributed by atoms with Crippen LogP contribution in [0.5, 0.6) is 0 Å². The summed E-state index contributed by atoms with van der Waals surface area (Å²) in [4.78, 5) is 27.7. The van der Waals surface area contributed by atoms with Gasteiger partial charge in [0.15, 0.2) is 5.78 Å². The van der Waals surface area contributed by atoms with E-state index in [1.54, 1.807) is 16.2 Å². The molecule has 2 aliphatic rings. The third-order valence-corrected chi connectivity index (χ3v) is 5.71. The topological polar surface area (TPSA) is 58.6 Å². The van der Waals surface area contributed by atoms with Gasteiger partial charge >= 0.3 is 6.03 Å². The standard InChI is InChI=1S/C18H26N2O3S/c1-12(2)10-13(5-6-14-4-3-9-24-14)19-18(22)20-8-7-16-17(20)15(21)11-23-16/h3-4,9,12-13,16-17H,5-8,10-11H2,1-2H3,(H,19,22). The molecule has 0 radical (unpaired) electrons. The molecule has 3 atom stereocenters. The summed E-state index contributed by atoms with van der Waals surface area (Å²) >= 11 is 1.76. The third kappa shape index (κ3) is 3.98. The van der Waals surface area contributed by atoms with Gasteiger partial charge in [-0.05, 0) is 43.0 Å². The lowest BCUT2D eigenvalue weighted by molar-refractivity contribution is -0.120. The lowest BCUT2D eigenvalue weighted by Crippen LogP contribution is -2.50. The number of hydrogen-bond donors (Lipinski definition) is 1. The summed E-state index contributed by atoms with van der Waals surface area (Å²) in [7, 11) is 0. The average molecular weight is 350 g/mol. The van der Waals surface area contributed by atoms with Crippen LogP contribution in [0.15, 0.2) is 17.5 Å². The fraction of sp³-hybridized carbons (Fsp3) is 0.667. The monoisotopic (exact) mass is 350 g/mol. The van der Waals surface area contributed by atoms with E-state index >= 15 is 0 Å². The van der Waals surface area contributed by atoms with Crippen molar-refractivity contribution in [2.24, 2.45) is 5.92 Å². The van der Waals surface area contributed by atoms with Crippen molar-refractivity contribution in [1.29, 1.82) is 0 Å². The molecule has 0 aromatic carbocycles. The zero-order valence-corrected chi connectivity index (χ0v) is 15.2. The molecule has 0 aliphatic carbocycles. The summed E-state index contributed by atoms with van der Waals surface area (Å²) in [6, 6.07) is 3.85. The Bertz CT molecular complexity index is 573. The maximum atomic E-state index is 12.7. The van der Waals surface area contributed by atoms with E-state index in [2.05, 4.69) is 36.7 Å². The highest BCUT2D eigenvalue weighted by atomic mass is 32.1. The van der Waals surface area contributed by atoms with Gasteiger partial charge in [0.2, 0.25) is 0 Å². The van der Waals surface area contributed by atoms with Crippen LogP contribution >= 0.6 is 11.3 Å². The molecule has 2 saturated heterocycles. The van der Waals surface area contributed by atoms with Crippen LogP contribution in [0.4, 0.5) is 4.79 Å². The maximum Gasteiger partial charge on any atom is 0.318 e. The first-order valence-corrected chi connectivity index (χ1v) is 9.66. The molecule has 0 spiro atoms. The van der Waals surface area contributed by atoms with Crippen LogP contribution in [0, 0.1) is 5.92 Å².